The second-order valence-corrected chi connectivity index (χ2v) is 5.75. The minimum Gasteiger partial charge on any atom is -0.490 e. The highest BCUT2D eigenvalue weighted by atomic mass is 32.2. The monoisotopic (exact) mass is 319 g/mol. The molecule has 3 rings (SSSR count). The summed E-state index contributed by atoms with van der Waals surface area (Å²) >= 11 is 1.36. The summed E-state index contributed by atoms with van der Waals surface area (Å²) in [6, 6.07) is 7.57. The summed E-state index contributed by atoms with van der Waals surface area (Å²) in [6.45, 7) is 1.40. The first kappa shape index (κ1) is 14.9. The van der Waals surface area contributed by atoms with Crippen molar-refractivity contribution in [2.24, 2.45) is 12.8 Å². The molecule has 8 heteroatoms. The van der Waals surface area contributed by atoms with Crippen LogP contribution in [-0.4, -0.2) is 39.6 Å². The highest BCUT2D eigenvalue weighted by Crippen LogP contribution is 2.31. The normalized spacial score (nSPS) is 13.6. The van der Waals surface area contributed by atoms with Gasteiger partial charge in [-0.25, -0.2) is 0 Å². The third-order valence-electron chi connectivity index (χ3n) is 3.46. The van der Waals surface area contributed by atoms with Crippen molar-refractivity contribution >= 4 is 23.4 Å². The molecule has 0 fully saturated rings. The minimum atomic E-state index is 0.0260. The van der Waals surface area contributed by atoms with Gasteiger partial charge < -0.3 is 19.9 Å². The van der Waals surface area contributed by atoms with Crippen molar-refractivity contribution in [2.45, 2.75) is 11.7 Å². The molecule has 2 N–H and O–H groups in total. The summed E-state index contributed by atoms with van der Waals surface area (Å²) in [7, 11) is 1.85. The van der Waals surface area contributed by atoms with Crippen LogP contribution in [0.25, 0.3) is 0 Å². The van der Waals surface area contributed by atoms with Crippen LogP contribution < -0.4 is 15.4 Å². The molecule has 0 aliphatic carbocycles. The van der Waals surface area contributed by atoms with Gasteiger partial charge in [0.1, 0.15) is 18.2 Å². The molecule has 0 radical (unpaired) electrons. The number of amides is 1. The van der Waals surface area contributed by atoms with E-state index in [1.807, 2.05) is 35.9 Å². The van der Waals surface area contributed by atoms with Gasteiger partial charge in [0.05, 0.1) is 24.5 Å². The molecule has 0 saturated carbocycles. The zero-order valence-electron chi connectivity index (χ0n) is 12.2. The molecule has 2 aromatic rings. The van der Waals surface area contributed by atoms with Gasteiger partial charge in [0.25, 0.3) is 0 Å². The molecule has 0 saturated heterocycles. The number of rotatable bonds is 4. The highest BCUT2D eigenvalue weighted by Gasteiger charge is 2.23. The molecular weight excluding hydrogens is 302 g/mol. The fraction of sp³-hybridized carbons (Fsp3) is 0.357. The molecule has 1 aromatic carbocycles. The number of anilines is 1. The third kappa shape index (κ3) is 2.79. The van der Waals surface area contributed by atoms with Gasteiger partial charge in [0.2, 0.25) is 5.91 Å². The lowest BCUT2D eigenvalue weighted by Crippen LogP contribution is -2.39. The van der Waals surface area contributed by atoms with Crippen molar-refractivity contribution in [1.29, 1.82) is 0 Å². The summed E-state index contributed by atoms with van der Waals surface area (Å²) in [6.07, 6.45) is 0. The van der Waals surface area contributed by atoms with E-state index in [2.05, 4.69) is 10.2 Å². The van der Waals surface area contributed by atoms with E-state index >= 15 is 0 Å². The van der Waals surface area contributed by atoms with Crippen molar-refractivity contribution in [1.82, 2.24) is 14.8 Å². The smallest absolute Gasteiger partial charge is 0.237 e. The number of fused-ring (bicyclic) bond motifs is 1. The van der Waals surface area contributed by atoms with Crippen LogP contribution in [-0.2, 0) is 18.4 Å². The number of hydrogen-bond acceptors (Lipinski definition) is 6. The first-order valence-corrected chi connectivity index (χ1v) is 7.92. The van der Waals surface area contributed by atoms with Crippen molar-refractivity contribution in [3.05, 3.63) is 30.1 Å². The number of thioether (sulfide) groups is 1. The Morgan fingerprint density at radius 2 is 2.23 bits per heavy atom. The van der Waals surface area contributed by atoms with Crippen molar-refractivity contribution < 1.29 is 9.53 Å². The highest BCUT2D eigenvalue weighted by molar-refractivity contribution is 7.99. The number of nitrogens with zero attached hydrogens (tertiary/aromatic N) is 4. The Balaban J connectivity index is 1.69. The molecule has 0 unspecified atom stereocenters. The van der Waals surface area contributed by atoms with Crippen molar-refractivity contribution in [3.8, 4) is 5.75 Å². The van der Waals surface area contributed by atoms with Gasteiger partial charge in [-0.15, -0.1) is 10.2 Å². The van der Waals surface area contributed by atoms with Crippen molar-refractivity contribution in [3.63, 3.8) is 0 Å². The van der Waals surface area contributed by atoms with Crippen LogP contribution in [0.2, 0.25) is 0 Å². The van der Waals surface area contributed by atoms with E-state index in [4.69, 9.17) is 10.5 Å². The van der Waals surface area contributed by atoms with Crippen LogP contribution >= 0.6 is 11.8 Å². The largest absolute Gasteiger partial charge is 0.490 e. The summed E-state index contributed by atoms with van der Waals surface area (Å²) in [5, 5.41) is 8.72. The maximum absolute atomic E-state index is 12.5. The molecule has 0 atom stereocenters. The lowest BCUT2D eigenvalue weighted by Gasteiger charge is -2.29. The molecule has 2 heterocycles. The Labute approximate surface area is 132 Å². The maximum Gasteiger partial charge on any atom is 0.237 e. The molecule has 7 nitrogen and oxygen atoms in total. The van der Waals surface area contributed by atoms with Crippen LogP contribution in [0, 0.1) is 0 Å². The average Bonchev–Trinajstić information content (AvgIpc) is 2.92. The molecule has 1 aliphatic rings. The molecule has 22 heavy (non-hydrogen) atoms. The second-order valence-electron chi connectivity index (χ2n) is 4.81. The topological polar surface area (TPSA) is 86.3 Å². The van der Waals surface area contributed by atoms with E-state index in [0.29, 0.717) is 36.4 Å². The van der Waals surface area contributed by atoms with E-state index in [-0.39, 0.29) is 5.91 Å². The van der Waals surface area contributed by atoms with Crippen LogP contribution in [0.5, 0.6) is 5.75 Å². The van der Waals surface area contributed by atoms with E-state index in [0.717, 1.165) is 11.4 Å². The standard InChI is InChI=1S/C14H17N5O2S/c1-18-12(8-15)16-17-14(18)22-9-13(20)19-6-7-21-11-5-3-2-4-10(11)19/h2-5H,6-9,15H2,1H3. The summed E-state index contributed by atoms with van der Waals surface area (Å²) in [5.41, 5.74) is 6.39. The van der Waals surface area contributed by atoms with Gasteiger partial charge in [0.15, 0.2) is 5.16 Å². The summed E-state index contributed by atoms with van der Waals surface area (Å²) < 4.78 is 7.37. The maximum atomic E-state index is 12.5. The van der Waals surface area contributed by atoms with E-state index in [1.165, 1.54) is 11.8 Å². The fourth-order valence-electron chi connectivity index (χ4n) is 2.28. The summed E-state index contributed by atoms with van der Waals surface area (Å²) in [4.78, 5) is 14.2. The number of carbonyl (C=O) groups excluding carboxylic acids is 1. The Morgan fingerprint density at radius 1 is 1.41 bits per heavy atom. The molecule has 0 bridgehead atoms. The zero-order valence-corrected chi connectivity index (χ0v) is 13.0. The van der Waals surface area contributed by atoms with Gasteiger partial charge in [-0.3, -0.25) is 4.79 Å². The molecular formula is C14H17N5O2S. The Bertz CT molecular complexity index is 688. The molecule has 0 spiro atoms. The number of hydrogen-bond donors (Lipinski definition) is 1. The van der Waals surface area contributed by atoms with Crippen LogP contribution in [0.15, 0.2) is 29.4 Å². The Hall–Kier alpha value is -2.06. The Morgan fingerprint density at radius 3 is 3.00 bits per heavy atom. The predicted octanol–water partition coefficient (Wildman–Crippen LogP) is 0.791. The number of nitrogens with two attached hydrogens (primary N) is 1. The molecule has 1 aromatic heterocycles. The average molecular weight is 319 g/mol. The third-order valence-corrected chi connectivity index (χ3v) is 4.47. The van der Waals surface area contributed by atoms with E-state index in [9.17, 15) is 4.79 Å². The van der Waals surface area contributed by atoms with Gasteiger partial charge in [-0.2, -0.15) is 0 Å². The van der Waals surface area contributed by atoms with Crippen LogP contribution in [0.3, 0.4) is 0 Å². The lowest BCUT2D eigenvalue weighted by atomic mass is 10.2. The second kappa shape index (κ2) is 6.37. The minimum absolute atomic E-state index is 0.0260. The number of aromatic nitrogens is 3. The predicted molar refractivity (Wildman–Crippen MR) is 83.9 cm³/mol. The van der Waals surface area contributed by atoms with E-state index in [1.54, 1.807) is 4.90 Å². The quantitative estimate of drug-likeness (QED) is 0.839. The van der Waals surface area contributed by atoms with E-state index < -0.39 is 0 Å². The van der Waals surface area contributed by atoms with Gasteiger partial charge in [0, 0.05) is 7.05 Å². The Kier molecular flexibility index (Phi) is 4.30. The van der Waals surface area contributed by atoms with Gasteiger partial charge >= 0.3 is 0 Å². The van der Waals surface area contributed by atoms with Crippen molar-refractivity contribution in [2.75, 3.05) is 23.8 Å². The molecule has 116 valence electrons. The molecule has 1 amide bonds. The van der Waals surface area contributed by atoms with Gasteiger partial charge in [-0.1, -0.05) is 23.9 Å². The number of benzene rings is 1. The van der Waals surface area contributed by atoms with Crippen LogP contribution in [0.1, 0.15) is 5.82 Å². The lowest BCUT2D eigenvalue weighted by molar-refractivity contribution is -0.116. The first-order valence-electron chi connectivity index (χ1n) is 6.94. The summed E-state index contributed by atoms with van der Waals surface area (Å²) in [5.74, 6) is 1.77. The van der Waals surface area contributed by atoms with Gasteiger partial charge in [-0.05, 0) is 12.1 Å². The number of ether oxygens (including phenoxy) is 1. The first-order chi connectivity index (χ1) is 10.7. The van der Waals surface area contributed by atoms with Crippen LogP contribution in [0.4, 0.5) is 5.69 Å². The molecule has 1 aliphatic heterocycles. The zero-order chi connectivity index (χ0) is 15.5. The number of carbonyl (C=O) groups is 1. The fourth-order valence-corrected chi connectivity index (χ4v) is 3.09. The SMILES string of the molecule is Cn1c(CN)nnc1SCC(=O)N1CCOc2ccccc21. The number of para-hydroxylation sites is 2.